The molecule has 0 rings (SSSR count). The van der Waals surface area contributed by atoms with Crippen molar-refractivity contribution >= 4 is 18.8 Å². The van der Waals surface area contributed by atoms with E-state index < -0.39 is 0 Å². The van der Waals surface area contributed by atoms with E-state index in [0.29, 0.717) is 9.04 Å². The summed E-state index contributed by atoms with van der Waals surface area (Å²) in [4.78, 5) is 0. The van der Waals surface area contributed by atoms with E-state index in [-0.39, 0.29) is 0 Å². The standard InChI is InChI=1S/C4H13Si2/c1-2-3-4-6-5/h4H,2-3,6H2,1,5H3. The lowest BCUT2D eigenvalue weighted by molar-refractivity contribution is 0.941. The van der Waals surface area contributed by atoms with Gasteiger partial charge in [-0.25, -0.2) is 0 Å². The maximum absolute atomic E-state index is 2.51. The molecule has 1 radical (unpaired) electrons. The van der Waals surface area contributed by atoms with Gasteiger partial charge in [0.2, 0.25) is 0 Å². The van der Waals surface area contributed by atoms with E-state index in [0.717, 1.165) is 0 Å². The molecule has 37 valence electrons. The highest BCUT2D eigenvalue weighted by molar-refractivity contribution is 6.91. The van der Waals surface area contributed by atoms with Crippen molar-refractivity contribution < 1.29 is 0 Å². The monoisotopic (exact) mass is 117 g/mol. The molecule has 0 saturated heterocycles. The van der Waals surface area contributed by atoms with Gasteiger partial charge in [-0.05, 0) is 9.76 Å². The van der Waals surface area contributed by atoms with Crippen molar-refractivity contribution in [1.82, 2.24) is 0 Å². The molecule has 0 aliphatic carbocycles. The molecule has 0 atom stereocenters. The SMILES string of the molecule is CCC[CH][SiH2][SiH3]. The molecule has 0 heterocycles. The maximum Gasteiger partial charge on any atom is 0.00789 e. The Hall–Kier alpha value is 0.434. The summed E-state index contributed by atoms with van der Waals surface area (Å²) in [5, 5.41) is 0. The van der Waals surface area contributed by atoms with Gasteiger partial charge in [0.15, 0.2) is 0 Å². The van der Waals surface area contributed by atoms with E-state index in [9.17, 15) is 0 Å². The minimum Gasteiger partial charge on any atom is -0.0654 e. The first kappa shape index (κ1) is 6.43. The van der Waals surface area contributed by atoms with Crippen molar-refractivity contribution in [2.24, 2.45) is 0 Å². The van der Waals surface area contributed by atoms with E-state index >= 15 is 0 Å². The Morgan fingerprint density at radius 3 is 2.67 bits per heavy atom. The van der Waals surface area contributed by atoms with Crippen LogP contribution >= 0.6 is 0 Å². The third kappa shape index (κ3) is 4.43. The van der Waals surface area contributed by atoms with Crippen LogP contribution in [0, 0.1) is 6.04 Å². The van der Waals surface area contributed by atoms with Crippen molar-refractivity contribution in [3.63, 3.8) is 0 Å². The molecule has 0 aromatic rings. The minimum absolute atomic E-state index is 0.417. The topological polar surface area (TPSA) is 0 Å². The second-order valence-corrected chi connectivity index (χ2v) is 5.33. The molecular weight excluding hydrogens is 104 g/mol. The molecule has 0 aromatic carbocycles. The summed E-state index contributed by atoms with van der Waals surface area (Å²) in [7, 11) is 1.90. The van der Waals surface area contributed by atoms with Gasteiger partial charge >= 0.3 is 0 Å². The number of rotatable bonds is 3. The van der Waals surface area contributed by atoms with Crippen LogP contribution in [0.15, 0.2) is 0 Å². The van der Waals surface area contributed by atoms with Crippen LogP contribution in [0.3, 0.4) is 0 Å². The molecule has 0 aliphatic rings. The minimum atomic E-state index is 0.417. The van der Waals surface area contributed by atoms with E-state index in [1.165, 1.54) is 22.6 Å². The Labute approximate surface area is 45.4 Å². The third-order valence-electron chi connectivity index (χ3n) is 0.781. The molecule has 6 heavy (non-hydrogen) atoms. The average molecular weight is 117 g/mol. The largest absolute Gasteiger partial charge is 0.0654 e. The van der Waals surface area contributed by atoms with Crippen molar-refractivity contribution in [1.29, 1.82) is 0 Å². The zero-order chi connectivity index (χ0) is 4.83. The van der Waals surface area contributed by atoms with Gasteiger partial charge in [-0.2, -0.15) is 0 Å². The van der Waals surface area contributed by atoms with Gasteiger partial charge in [-0.1, -0.05) is 25.8 Å². The van der Waals surface area contributed by atoms with Crippen LogP contribution in [0.25, 0.3) is 0 Å². The van der Waals surface area contributed by atoms with Gasteiger partial charge in [0.05, 0.1) is 0 Å². The van der Waals surface area contributed by atoms with Gasteiger partial charge in [-0.15, -0.1) is 0 Å². The molecule has 2 heteroatoms. The Bertz CT molecular complexity index is 17.5. The first-order chi connectivity index (χ1) is 2.91. The quantitative estimate of drug-likeness (QED) is 0.342. The second-order valence-electron chi connectivity index (χ2n) is 1.49. The van der Waals surface area contributed by atoms with Crippen LogP contribution in [-0.2, 0) is 0 Å². The summed E-state index contributed by atoms with van der Waals surface area (Å²) in [6.45, 7) is 2.24. The fourth-order valence-corrected chi connectivity index (χ4v) is 2.45. The summed E-state index contributed by atoms with van der Waals surface area (Å²) in [5.74, 6) is 0. The normalized spacial score (nSPS) is 11.5. The second kappa shape index (κ2) is 5.43. The first-order valence-corrected chi connectivity index (χ1v) is 9.20. The van der Waals surface area contributed by atoms with Crippen LogP contribution < -0.4 is 0 Å². The third-order valence-corrected chi connectivity index (χ3v) is 3.50. The number of hydrogen-bond donors (Lipinski definition) is 0. The molecule has 0 bridgehead atoms. The van der Waals surface area contributed by atoms with Gasteiger partial charge in [-0.3, -0.25) is 0 Å². The summed E-state index contributed by atoms with van der Waals surface area (Å²) >= 11 is 0. The maximum atomic E-state index is 2.51. The molecule has 0 aromatic heterocycles. The smallest absolute Gasteiger partial charge is 0.00789 e. The van der Waals surface area contributed by atoms with Crippen LogP contribution in [-0.4, -0.2) is 18.8 Å². The zero-order valence-corrected chi connectivity index (χ0v) is 8.11. The van der Waals surface area contributed by atoms with Gasteiger partial charge in [0, 0.05) is 9.04 Å². The summed E-state index contributed by atoms with van der Waals surface area (Å²) in [5.41, 5.74) is 0. The molecule has 0 spiro atoms. The highest BCUT2D eigenvalue weighted by Gasteiger charge is 1.76. The Balaban J connectivity index is 2.34. The van der Waals surface area contributed by atoms with Gasteiger partial charge in [0.25, 0.3) is 0 Å². The van der Waals surface area contributed by atoms with E-state index in [2.05, 4.69) is 13.0 Å². The molecule has 0 fully saturated rings. The molecule has 0 saturated carbocycles. The fraction of sp³-hybridized carbons (Fsp3) is 0.750. The fourth-order valence-electron chi connectivity index (χ4n) is 0.408. The predicted molar refractivity (Wildman–Crippen MR) is 37.7 cm³/mol. The van der Waals surface area contributed by atoms with Crippen LogP contribution in [0.2, 0.25) is 0 Å². The highest BCUT2D eigenvalue weighted by atomic mass is 29.1. The predicted octanol–water partition coefficient (Wildman–Crippen LogP) is -0.603. The van der Waals surface area contributed by atoms with Crippen molar-refractivity contribution in [3.8, 4) is 0 Å². The van der Waals surface area contributed by atoms with E-state index in [1.54, 1.807) is 0 Å². The van der Waals surface area contributed by atoms with Crippen LogP contribution in [0.4, 0.5) is 0 Å². The molecule has 0 nitrogen and oxygen atoms in total. The van der Waals surface area contributed by atoms with Crippen molar-refractivity contribution in [2.45, 2.75) is 19.8 Å². The Kier molecular flexibility index (Phi) is 5.83. The summed E-state index contributed by atoms with van der Waals surface area (Å²) in [6.07, 6.45) is 2.74. The summed E-state index contributed by atoms with van der Waals surface area (Å²) in [6, 6.07) is 2.51. The van der Waals surface area contributed by atoms with Crippen molar-refractivity contribution in [2.75, 3.05) is 0 Å². The Morgan fingerprint density at radius 1 is 1.83 bits per heavy atom. The number of unbranched alkanes of at least 4 members (excludes halogenated alkanes) is 1. The molecule has 0 unspecified atom stereocenters. The van der Waals surface area contributed by atoms with Crippen molar-refractivity contribution in [3.05, 3.63) is 6.04 Å². The zero-order valence-electron chi connectivity index (χ0n) is 4.70. The van der Waals surface area contributed by atoms with Gasteiger partial charge < -0.3 is 0 Å². The molecular formula is C4H13Si2. The number of hydrogen-bond acceptors (Lipinski definition) is 0. The summed E-state index contributed by atoms with van der Waals surface area (Å²) < 4.78 is 0. The lowest BCUT2D eigenvalue weighted by Crippen LogP contribution is -1.87. The highest BCUT2D eigenvalue weighted by Crippen LogP contribution is 1.86. The van der Waals surface area contributed by atoms with Crippen LogP contribution in [0.1, 0.15) is 19.8 Å². The molecule has 0 aliphatic heterocycles. The van der Waals surface area contributed by atoms with Gasteiger partial charge in [0.1, 0.15) is 0 Å². The van der Waals surface area contributed by atoms with Crippen LogP contribution in [0.5, 0.6) is 0 Å². The first-order valence-electron chi connectivity index (χ1n) is 2.73. The Morgan fingerprint density at radius 2 is 2.50 bits per heavy atom. The molecule has 0 N–H and O–H groups in total. The lowest BCUT2D eigenvalue weighted by atomic mass is 10.4. The van der Waals surface area contributed by atoms with E-state index in [4.69, 9.17) is 0 Å². The molecule has 0 amide bonds. The lowest BCUT2D eigenvalue weighted by Gasteiger charge is -1.84. The van der Waals surface area contributed by atoms with E-state index in [1.807, 2.05) is 0 Å². The average Bonchev–Trinajstić information content (AvgIpc) is 1.61.